The van der Waals surface area contributed by atoms with Gasteiger partial charge in [-0.1, -0.05) is 6.07 Å². The second kappa shape index (κ2) is 6.37. The van der Waals surface area contributed by atoms with Gasteiger partial charge in [0.15, 0.2) is 0 Å². The Kier molecular flexibility index (Phi) is 3.85. The highest BCUT2D eigenvalue weighted by molar-refractivity contribution is 6.06. The second-order valence-electron chi connectivity index (χ2n) is 7.59. The van der Waals surface area contributed by atoms with Crippen molar-refractivity contribution in [2.24, 2.45) is 0 Å². The summed E-state index contributed by atoms with van der Waals surface area (Å²) in [6.07, 6.45) is 6.02. The standard InChI is InChI=1S/C21H22N4O2/c26-20-9-8-18(14-6-7-14)23-25(20)13-15-3-2-12-24(15)21(27)17-4-1-5-19-16(17)10-11-22-19/h1,4-5,8-11,14-15,22H,2-3,6-7,12-13H2. The molecule has 1 aliphatic heterocycles. The van der Waals surface area contributed by atoms with E-state index in [1.165, 1.54) is 0 Å². The first-order valence-corrected chi connectivity index (χ1v) is 9.66. The number of hydrogen-bond donors (Lipinski definition) is 1. The number of aromatic nitrogens is 3. The van der Waals surface area contributed by atoms with Gasteiger partial charge in [0, 0.05) is 41.2 Å². The van der Waals surface area contributed by atoms with Crippen LogP contribution >= 0.6 is 0 Å². The average Bonchev–Trinajstić information content (AvgIpc) is 3.23. The SMILES string of the molecule is O=C(c1cccc2[nH]ccc12)N1CCCC1Cn1nc(C2CC2)ccc1=O. The van der Waals surface area contributed by atoms with Gasteiger partial charge in [-0.15, -0.1) is 0 Å². The van der Waals surface area contributed by atoms with Crippen LogP contribution in [-0.2, 0) is 6.54 Å². The monoisotopic (exact) mass is 362 g/mol. The van der Waals surface area contributed by atoms with Crippen molar-refractivity contribution in [3.05, 3.63) is 64.2 Å². The van der Waals surface area contributed by atoms with E-state index in [1.54, 1.807) is 10.7 Å². The molecule has 2 aliphatic rings. The number of carbonyl (C=O) groups is 1. The molecule has 2 fully saturated rings. The fourth-order valence-electron chi connectivity index (χ4n) is 4.11. The number of nitrogens with zero attached hydrogens (tertiary/aromatic N) is 3. The van der Waals surface area contributed by atoms with E-state index in [0.717, 1.165) is 48.8 Å². The second-order valence-corrected chi connectivity index (χ2v) is 7.59. The van der Waals surface area contributed by atoms with Gasteiger partial charge in [-0.2, -0.15) is 5.10 Å². The molecule has 2 aromatic heterocycles. The van der Waals surface area contributed by atoms with Gasteiger partial charge in [-0.3, -0.25) is 9.59 Å². The largest absolute Gasteiger partial charge is 0.361 e. The lowest BCUT2D eigenvalue weighted by Gasteiger charge is -2.25. The molecule has 1 saturated carbocycles. The predicted molar refractivity (Wildman–Crippen MR) is 103 cm³/mol. The summed E-state index contributed by atoms with van der Waals surface area (Å²) in [6, 6.07) is 11.2. The number of benzene rings is 1. The first-order valence-electron chi connectivity index (χ1n) is 9.66. The molecular weight excluding hydrogens is 340 g/mol. The van der Waals surface area contributed by atoms with Gasteiger partial charge in [-0.25, -0.2) is 4.68 Å². The molecule has 138 valence electrons. The number of carbonyl (C=O) groups excluding carboxylic acids is 1. The van der Waals surface area contributed by atoms with Gasteiger partial charge in [0.1, 0.15) is 0 Å². The van der Waals surface area contributed by atoms with Crippen molar-refractivity contribution in [2.75, 3.05) is 6.54 Å². The predicted octanol–water partition coefficient (Wildman–Crippen LogP) is 2.91. The zero-order chi connectivity index (χ0) is 18.4. The number of nitrogens with one attached hydrogen (secondary N) is 1. The van der Waals surface area contributed by atoms with Crippen molar-refractivity contribution in [2.45, 2.75) is 44.2 Å². The quantitative estimate of drug-likeness (QED) is 0.776. The van der Waals surface area contributed by atoms with E-state index in [1.807, 2.05) is 41.4 Å². The summed E-state index contributed by atoms with van der Waals surface area (Å²) in [6.45, 7) is 1.19. The summed E-state index contributed by atoms with van der Waals surface area (Å²) >= 11 is 0. The van der Waals surface area contributed by atoms with Gasteiger partial charge in [0.05, 0.1) is 18.3 Å². The van der Waals surface area contributed by atoms with Crippen LogP contribution in [0.2, 0.25) is 0 Å². The van der Waals surface area contributed by atoms with Crippen LogP contribution in [0.3, 0.4) is 0 Å². The van der Waals surface area contributed by atoms with E-state index in [0.29, 0.717) is 18.0 Å². The molecule has 1 unspecified atom stereocenters. The molecule has 1 N–H and O–H groups in total. The molecule has 27 heavy (non-hydrogen) atoms. The molecule has 0 spiro atoms. The topological polar surface area (TPSA) is 71.0 Å². The lowest BCUT2D eigenvalue weighted by atomic mass is 10.1. The summed E-state index contributed by atoms with van der Waals surface area (Å²) < 4.78 is 1.56. The third-order valence-electron chi connectivity index (χ3n) is 5.73. The third-order valence-corrected chi connectivity index (χ3v) is 5.73. The minimum Gasteiger partial charge on any atom is -0.361 e. The summed E-state index contributed by atoms with van der Waals surface area (Å²) in [7, 11) is 0. The Bertz CT molecular complexity index is 1060. The van der Waals surface area contributed by atoms with Gasteiger partial charge in [0.25, 0.3) is 11.5 Å². The maximum atomic E-state index is 13.2. The zero-order valence-corrected chi connectivity index (χ0v) is 15.1. The molecule has 5 rings (SSSR count). The highest BCUT2D eigenvalue weighted by Crippen LogP contribution is 2.38. The Balaban J connectivity index is 1.42. The Morgan fingerprint density at radius 3 is 2.89 bits per heavy atom. The van der Waals surface area contributed by atoms with Crippen molar-refractivity contribution in [1.82, 2.24) is 19.7 Å². The first-order chi connectivity index (χ1) is 13.2. The number of likely N-dealkylation sites (tertiary alicyclic amines) is 1. The number of H-pyrrole nitrogens is 1. The van der Waals surface area contributed by atoms with Crippen LogP contribution in [0.25, 0.3) is 10.9 Å². The number of amides is 1. The average molecular weight is 362 g/mol. The van der Waals surface area contributed by atoms with Crippen LogP contribution in [0.5, 0.6) is 0 Å². The van der Waals surface area contributed by atoms with E-state index >= 15 is 0 Å². The van der Waals surface area contributed by atoms with Crippen LogP contribution in [-0.4, -0.2) is 38.2 Å². The van der Waals surface area contributed by atoms with E-state index in [2.05, 4.69) is 10.1 Å². The zero-order valence-electron chi connectivity index (χ0n) is 15.1. The molecule has 3 aromatic rings. The van der Waals surface area contributed by atoms with E-state index < -0.39 is 0 Å². The number of fused-ring (bicyclic) bond motifs is 1. The summed E-state index contributed by atoms with van der Waals surface area (Å²) in [5, 5.41) is 5.51. The lowest BCUT2D eigenvalue weighted by molar-refractivity contribution is 0.0722. The molecule has 1 atom stereocenters. The van der Waals surface area contributed by atoms with Crippen LogP contribution in [0.15, 0.2) is 47.4 Å². The third kappa shape index (κ3) is 2.95. The molecule has 0 radical (unpaired) electrons. The molecule has 3 heterocycles. The summed E-state index contributed by atoms with van der Waals surface area (Å²) in [5.74, 6) is 0.540. The highest BCUT2D eigenvalue weighted by atomic mass is 16.2. The molecule has 1 aliphatic carbocycles. The molecule has 1 saturated heterocycles. The first kappa shape index (κ1) is 16.3. The Morgan fingerprint density at radius 2 is 2.04 bits per heavy atom. The highest BCUT2D eigenvalue weighted by Gasteiger charge is 2.31. The Labute approximate surface area is 156 Å². The van der Waals surface area contributed by atoms with Gasteiger partial charge < -0.3 is 9.88 Å². The minimum atomic E-state index is -0.0913. The van der Waals surface area contributed by atoms with E-state index in [4.69, 9.17) is 0 Å². The maximum absolute atomic E-state index is 13.2. The number of aromatic amines is 1. The maximum Gasteiger partial charge on any atom is 0.266 e. The molecule has 1 aromatic carbocycles. The van der Waals surface area contributed by atoms with Crippen molar-refractivity contribution in [3.8, 4) is 0 Å². The van der Waals surface area contributed by atoms with Crippen LogP contribution in [0.1, 0.15) is 47.7 Å². The fraction of sp³-hybridized carbons (Fsp3) is 0.381. The van der Waals surface area contributed by atoms with Crippen LogP contribution < -0.4 is 5.56 Å². The molecule has 0 bridgehead atoms. The molecule has 6 nitrogen and oxygen atoms in total. The van der Waals surface area contributed by atoms with Gasteiger partial charge in [-0.05, 0) is 49.9 Å². The smallest absolute Gasteiger partial charge is 0.266 e. The van der Waals surface area contributed by atoms with Crippen molar-refractivity contribution >= 4 is 16.8 Å². The number of rotatable bonds is 4. The van der Waals surface area contributed by atoms with Crippen LogP contribution in [0.4, 0.5) is 0 Å². The molecule has 1 amide bonds. The number of hydrogen-bond acceptors (Lipinski definition) is 3. The Morgan fingerprint density at radius 1 is 1.15 bits per heavy atom. The molecule has 6 heteroatoms. The fourth-order valence-corrected chi connectivity index (χ4v) is 4.11. The lowest BCUT2D eigenvalue weighted by Crippen LogP contribution is -2.40. The van der Waals surface area contributed by atoms with Crippen molar-refractivity contribution in [1.29, 1.82) is 0 Å². The van der Waals surface area contributed by atoms with Crippen LogP contribution in [0, 0.1) is 0 Å². The van der Waals surface area contributed by atoms with Gasteiger partial charge in [0.2, 0.25) is 0 Å². The Hall–Kier alpha value is -2.89. The van der Waals surface area contributed by atoms with E-state index in [9.17, 15) is 9.59 Å². The molecular formula is C21H22N4O2. The van der Waals surface area contributed by atoms with Gasteiger partial charge >= 0.3 is 0 Å². The van der Waals surface area contributed by atoms with E-state index in [-0.39, 0.29) is 17.5 Å². The normalized spacial score (nSPS) is 19.7. The summed E-state index contributed by atoms with van der Waals surface area (Å²) in [5.41, 5.74) is 2.59. The minimum absolute atomic E-state index is 0.00588. The summed E-state index contributed by atoms with van der Waals surface area (Å²) in [4.78, 5) is 30.6. The van der Waals surface area contributed by atoms with Crippen molar-refractivity contribution in [3.63, 3.8) is 0 Å². The van der Waals surface area contributed by atoms with Crippen molar-refractivity contribution < 1.29 is 4.79 Å².